The van der Waals surface area contributed by atoms with Crippen molar-refractivity contribution >= 4 is 0 Å². The monoisotopic (exact) mass is 264 g/mol. The van der Waals surface area contributed by atoms with Gasteiger partial charge in [-0.1, -0.05) is 0 Å². The van der Waals surface area contributed by atoms with Gasteiger partial charge in [0.2, 0.25) is 0 Å². The molecule has 3 N–H and O–H groups in total. The Morgan fingerprint density at radius 3 is 3.16 bits per heavy atom. The van der Waals surface area contributed by atoms with Crippen LogP contribution in [0.15, 0.2) is 6.20 Å². The lowest BCUT2D eigenvalue weighted by atomic mass is 9.92. The molecule has 1 aromatic heterocycles. The third-order valence-electron chi connectivity index (χ3n) is 4.35. The summed E-state index contributed by atoms with van der Waals surface area (Å²) in [5.74, 6) is 0. The van der Waals surface area contributed by atoms with Gasteiger partial charge in [0, 0.05) is 29.9 Å². The second kappa shape index (κ2) is 6.03. The maximum absolute atomic E-state index is 9.07. The van der Waals surface area contributed by atoms with Crippen molar-refractivity contribution in [1.82, 2.24) is 20.4 Å². The van der Waals surface area contributed by atoms with Crippen molar-refractivity contribution in [2.45, 2.75) is 50.7 Å². The normalized spacial score (nSPS) is 26.6. The molecular weight excluding hydrogens is 240 g/mol. The van der Waals surface area contributed by atoms with E-state index in [1.165, 1.54) is 36.9 Å². The van der Waals surface area contributed by atoms with E-state index < -0.39 is 0 Å². The van der Waals surface area contributed by atoms with Crippen LogP contribution in [0.1, 0.15) is 43.0 Å². The zero-order valence-corrected chi connectivity index (χ0v) is 11.4. The van der Waals surface area contributed by atoms with Crippen LogP contribution in [-0.2, 0) is 13.0 Å². The van der Waals surface area contributed by atoms with Crippen LogP contribution in [0.4, 0.5) is 0 Å². The van der Waals surface area contributed by atoms with Crippen LogP contribution in [0.2, 0.25) is 0 Å². The van der Waals surface area contributed by atoms with Gasteiger partial charge in [-0.2, -0.15) is 5.10 Å². The molecule has 0 bridgehead atoms. The van der Waals surface area contributed by atoms with Crippen molar-refractivity contribution in [3.63, 3.8) is 0 Å². The fourth-order valence-electron chi connectivity index (χ4n) is 3.33. The number of aliphatic hydroxyl groups is 1. The number of aromatic nitrogens is 2. The number of nitrogens with one attached hydrogen (secondary N) is 2. The van der Waals surface area contributed by atoms with Gasteiger partial charge in [0.05, 0.1) is 19.3 Å². The lowest BCUT2D eigenvalue weighted by Crippen LogP contribution is -2.37. The minimum absolute atomic E-state index is 0.165. The fourth-order valence-corrected chi connectivity index (χ4v) is 3.33. The summed E-state index contributed by atoms with van der Waals surface area (Å²) in [5.41, 5.74) is 2.66. The first-order valence-electron chi connectivity index (χ1n) is 7.50. The molecule has 2 atom stereocenters. The van der Waals surface area contributed by atoms with Crippen molar-refractivity contribution in [1.29, 1.82) is 0 Å². The van der Waals surface area contributed by atoms with Gasteiger partial charge in [-0.25, -0.2) is 0 Å². The Bertz CT molecular complexity index is 412. The molecule has 1 aliphatic heterocycles. The third-order valence-corrected chi connectivity index (χ3v) is 4.35. The molecule has 0 spiro atoms. The second-order valence-corrected chi connectivity index (χ2v) is 5.64. The molecule has 1 aromatic rings. The van der Waals surface area contributed by atoms with Gasteiger partial charge in [0.25, 0.3) is 0 Å². The van der Waals surface area contributed by atoms with E-state index in [0.29, 0.717) is 18.6 Å². The number of rotatable bonds is 5. The largest absolute Gasteiger partial charge is 0.394 e. The zero-order valence-electron chi connectivity index (χ0n) is 11.4. The number of nitrogens with zero attached hydrogens (tertiary/aromatic N) is 2. The number of hydrogen-bond acceptors (Lipinski definition) is 4. The first-order chi connectivity index (χ1) is 9.38. The second-order valence-electron chi connectivity index (χ2n) is 5.64. The topological polar surface area (TPSA) is 62.1 Å². The molecule has 3 rings (SSSR count). The smallest absolute Gasteiger partial charge is 0.0644 e. The minimum atomic E-state index is 0.165. The molecule has 5 heteroatoms. The van der Waals surface area contributed by atoms with Crippen molar-refractivity contribution in [3.05, 3.63) is 17.5 Å². The first-order valence-corrected chi connectivity index (χ1v) is 7.50. The van der Waals surface area contributed by atoms with Gasteiger partial charge >= 0.3 is 0 Å². The van der Waals surface area contributed by atoms with E-state index in [1.54, 1.807) is 0 Å². The Hall–Kier alpha value is -0.910. The molecule has 106 valence electrons. The Kier molecular flexibility index (Phi) is 4.15. The summed E-state index contributed by atoms with van der Waals surface area (Å²) in [6.07, 6.45) is 8.08. The Morgan fingerprint density at radius 1 is 1.42 bits per heavy atom. The van der Waals surface area contributed by atoms with Crippen LogP contribution < -0.4 is 10.6 Å². The molecule has 2 aliphatic rings. The van der Waals surface area contributed by atoms with E-state index in [2.05, 4.69) is 15.7 Å². The van der Waals surface area contributed by atoms with E-state index in [-0.39, 0.29) is 6.61 Å². The molecule has 0 amide bonds. The maximum atomic E-state index is 9.07. The predicted molar refractivity (Wildman–Crippen MR) is 74.0 cm³/mol. The summed E-state index contributed by atoms with van der Waals surface area (Å²) in [5, 5.41) is 20.7. The summed E-state index contributed by atoms with van der Waals surface area (Å²) in [6, 6.07) is 1.08. The minimum Gasteiger partial charge on any atom is -0.394 e. The SMILES string of the molecule is OCCn1ncc2c1CCCC2NCC1CCCN1. The summed E-state index contributed by atoms with van der Waals surface area (Å²) in [4.78, 5) is 0. The van der Waals surface area contributed by atoms with Gasteiger partial charge in [0.1, 0.15) is 0 Å². The summed E-state index contributed by atoms with van der Waals surface area (Å²) >= 11 is 0. The van der Waals surface area contributed by atoms with E-state index in [4.69, 9.17) is 5.11 Å². The molecule has 1 fully saturated rings. The highest BCUT2D eigenvalue weighted by Gasteiger charge is 2.25. The van der Waals surface area contributed by atoms with Gasteiger partial charge < -0.3 is 15.7 Å². The van der Waals surface area contributed by atoms with E-state index in [1.807, 2.05) is 10.9 Å². The van der Waals surface area contributed by atoms with E-state index in [0.717, 1.165) is 19.5 Å². The lowest BCUT2D eigenvalue weighted by molar-refractivity contribution is 0.266. The molecular formula is C14H24N4O. The number of hydrogen-bond donors (Lipinski definition) is 3. The van der Waals surface area contributed by atoms with Gasteiger partial charge in [0.15, 0.2) is 0 Å². The highest BCUT2D eigenvalue weighted by atomic mass is 16.3. The van der Waals surface area contributed by atoms with Crippen LogP contribution in [0, 0.1) is 0 Å². The van der Waals surface area contributed by atoms with E-state index >= 15 is 0 Å². The van der Waals surface area contributed by atoms with Crippen molar-refractivity contribution < 1.29 is 5.11 Å². The van der Waals surface area contributed by atoms with Crippen molar-refractivity contribution in [2.75, 3.05) is 19.7 Å². The van der Waals surface area contributed by atoms with Crippen LogP contribution in [0.3, 0.4) is 0 Å². The zero-order chi connectivity index (χ0) is 13.1. The highest BCUT2D eigenvalue weighted by molar-refractivity contribution is 5.25. The average Bonchev–Trinajstić information content (AvgIpc) is 3.07. The predicted octanol–water partition coefficient (Wildman–Crippen LogP) is 0.594. The van der Waals surface area contributed by atoms with Crippen LogP contribution in [0.25, 0.3) is 0 Å². The fraction of sp³-hybridized carbons (Fsp3) is 0.786. The van der Waals surface area contributed by atoms with Crippen molar-refractivity contribution in [2.24, 2.45) is 0 Å². The van der Waals surface area contributed by atoms with Gasteiger partial charge in [-0.15, -0.1) is 0 Å². The molecule has 5 nitrogen and oxygen atoms in total. The Labute approximate surface area is 114 Å². The van der Waals surface area contributed by atoms with Gasteiger partial charge in [-0.3, -0.25) is 4.68 Å². The van der Waals surface area contributed by atoms with Crippen molar-refractivity contribution in [3.8, 4) is 0 Å². The summed E-state index contributed by atoms with van der Waals surface area (Å²) in [6.45, 7) is 3.00. The highest BCUT2D eigenvalue weighted by Crippen LogP contribution is 2.29. The summed E-state index contributed by atoms with van der Waals surface area (Å²) < 4.78 is 1.97. The molecule has 1 aliphatic carbocycles. The van der Waals surface area contributed by atoms with Gasteiger partial charge in [-0.05, 0) is 38.6 Å². The molecule has 19 heavy (non-hydrogen) atoms. The molecule has 1 saturated heterocycles. The molecule has 2 heterocycles. The average molecular weight is 264 g/mol. The maximum Gasteiger partial charge on any atom is 0.0644 e. The summed E-state index contributed by atoms with van der Waals surface area (Å²) in [7, 11) is 0. The molecule has 0 aromatic carbocycles. The van der Waals surface area contributed by atoms with Crippen LogP contribution >= 0.6 is 0 Å². The van der Waals surface area contributed by atoms with Crippen LogP contribution in [0.5, 0.6) is 0 Å². The standard InChI is InChI=1S/C14H24N4O/c19-8-7-18-14-5-1-4-13(12(14)10-17-18)16-9-11-3-2-6-15-11/h10-11,13,15-16,19H,1-9H2. The molecule has 0 saturated carbocycles. The Balaban J connectivity index is 1.64. The first kappa shape index (κ1) is 13.1. The molecule has 2 unspecified atom stereocenters. The number of aliphatic hydroxyl groups excluding tert-OH is 1. The Morgan fingerprint density at radius 2 is 2.37 bits per heavy atom. The van der Waals surface area contributed by atoms with E-state index in [9.17, 15) is 0 Å². The number of fused-ring (bicyclic) bond motifs is 1. The lowest BCUT2D eigenvalue weighted by Gasteiger charge is -2.25. The molecule has 0 radical (unpaired) electrons. The third kappa shape index (κ3) is 2.83. The van der Waals surface area contributed by atoms with Crippen LogP contribution in [-0.4, -0.2) is 40.6 Å². The quantitative estimate of drug-likeness (QED) is 0.728.